The van der Waals surface area contributed by atoms with Gasteiger partial charge in [0.05, 0.1) is 6.26 Å². The molecule has 8 heteroatoms. The van der Waals surface area contributed by atoms with E-state index in [1.54, 1.807) is 18.4 Å². The van der Waals surface area contributed by atoms with Crippen molar-refractivity contribution >= 4 is 32.2 Å². The Morgan fingerprint density at radius 2 is 1.60 bits per heavy atom. The average Bonchev–Trinajstić information content (AvgIpc) is 3.50. The summed E-state index contributed by atoms with van der Waals surface area (Å²) in [5.41, 5.74) is 5.53. The number of nitrogens with one attached hydrogen (secondary N) is 1. The zero-order chi connectivity index (χ0) is 27.9. The van der Waals surface area contributed by atoms with Gasteiger partial charge in [-0.3, -0.25) is 0 Å². The van der Waals surface area contributed by atoms with Gasteiger partial charge in [-0.15, -0.1) is 0 Å². The molecule has 0 aliphatic carbocycles. The third-order valence-electron chi connectivity index (χ3n) is 7.21. The van der Waals surface area contributed by atoms with Crippen molar-refractivity contribution in [2.24, 2.45) is 0 Å². The molecule has 3 aromatic carbocycles. The maximum absolute atomic E-state index is 12.8. The Hall–Kier alpha value is -3.80. The van der Waals surface area contributed by atoms with E-state index in [0.29, 0.717) is 21.2 Å². The van der Waals surface area contributed by atoms with E-state index in [-0.39, 0.29) is 5.91 Å². The minimum absolute atomic E-state index is 0.0885. The molecule has 2 N–H and O–H groups in total. The number of anilines is 1. The molecule has 206 valence electrons. The summed E-state index contributed by atoms with van der Waals surface area (Å²) in [6.07, 6.45) is 3.89. The van der Waals surface area contributed by atoms with Gasteiger partial charge in [0, 0.05) is 0 Å². The summed E-state index contributed by atoms with van der Waals surface area (Å²) in [4.78, 5) is 26.3. The van der Waals surface area contributed by atoms with Crippen LogP contribution in [0.15, 0.2) is 95.6 Å². The second-order valence-corrected chi connectivity index (χ2v) is 15.5. The Balaban J connectivity index is 1.04. The number of hydrogen-bond acceptors (Lipinski definition) is 5. The fourth-order valence-corrected chi connectivity index (χ4v) is 8.95. The van der Waals surface area contributed by atoms with E-state index in [2.05, 4.69) is 15.9 Å². The Morgan fingerprint density at radius 1 is 0.950 bits per heavy atom. The molecule has 0 radical (unpaired) electrons. The molecule has 1 unspecified atom stereocenters. The molecular formula is C32H33AsN2O5. The number of carbonyl (C=O) groups excluding carboxylic acids is 1. The van der Waals surface area contributed by atoms with Crippen molar-refractivity contribution in [1.82, 2.24) is 4.90 Å². The third kappa shape index (κ3) is 7.44. The zero-order valence-corrected chi connectivity index (χ0v) is 24.3. The van der Waals surface area contributed by atoms with Crippen molar-refractivity contribution in [3.8, 4) is 22.8 Å². The summed E-state index contributed by atoms with van der Waals surface area (Å²) in [6, 6.07) is 26.1. The second-order valence-electron chi connectivity index (χ2n) is 10.1. The number of benzene rings is 3. The number of rotatable bonds is 10. The van der Waals surface area contributed by atoms with E-state index in [9.17, 15) is 9.59 Å². The molecule has 4 aromatic rings. The number of furan rings is 1. The van der Waals surface area contributed by atoms with Crippen LogP contribution in [0.25, 0.3) is 11.3 Å². The Kier molecular flexibility index (Phi) is 9.04. The first-order valence-electron chi connectivity index (χ1n) is 13.4. The summed E-state index contributed by atoms with van der Waals surface area (Å²) >= 11 is -1.30. The first-order chi connectivity index (χ1) is 19.4. The Morgan fingerprint density at radius 3 is 2.20 bits per heavy atom. The molecule has 0 spiro atoms. The van der Waals surface area contributed by atoms with Crippen LogP contribution in [0.5, 0.6) is 11.5 Å². The number of amides is 1. The van der Waals surface area contributed by atoms with Gasteiger partial charge >= 0.3 is 211 Å². The number of hydrogen-bond donors (Lipinski definition) is 2. The van der Waals surface area contributed by atoms with Crippen LogP contribution in [-0.2, 0) is 11.3 Å². The number of nitrogens with zero attached hydrogens (tertiary/aromatic N) is 1. The summed E-state index contributed by atoms with van der Waals surface area (Å²) in [6.45, 7) is 2.86. The second kappa shape index (κ2) is 13.0. The molecule has 1 aliphatic heterocycles. The summed E-state index contributed by atoms with van der Waals surface area (Å²) in [5, 5.41) is 12.8. The predicted octanol–water partition coefficient (Wildman–Crippen LogP) is 7.17. The summed E-state index contributed by atoms with van der Waals surface area (Å²) < 4.78 is 12.0. The SMILES string of the molecule is C[As](CC(=O)Nc1ccc(Oc2ccc(-c3ccco3)cc2)cc1)C1CCN(Cc2ccc(C(=O)O)cc2)CC1. The molecule has 1 saturated heterocycles. The molecule has 0 saturated carbocycles. The molecule has 7 nitrogen and oxygen atoms in total. The molecule has 1 amide bonds. The first-order valence-corrected chi connectivity index (χ1v) is 17.7. The number of carboxylic acid groups (broad SMARTS) is 1. The van der Waals surface area contributed by atoms with Gasteiger partial charge in [0.15, 0.2) is 0 Å². The predicted molar refractivity (Wildman–Crippen MR) is 157 cm³/mol. The average molecular weight is 601 g/mol. The van der Waals surface area contributed by atoms with E-state index >= 15 is 0 Å². The summed E-state index contributed by atoms with van der Waals surface area (Å²) in [7, 11) is 0. The molecule has 2 heterocycles. The van der Waals surface area contributed by atoms with Crippen LogP contribution < -0.4 is 10.1 Å². The number of carboxylic acids is 1. The van der Waals surface area contributed by atoms with Gasteiger partial charge in [-0.1, -0.05) is 0 Å². The molecular weight excluding hydrogens is 567 g/mol. The Bertz CT molecular complexity index is 1400. The number of carbonyl (C=O) groups is 2. The van der Waals surface area contributed by atoms with Gasteiger partial charge in [0.2, 0.25) is 0 Å². The van der Waals surface area contributed by atoms with E-state index in [1.807, 2.05) is 72.8 Å². The molecule has 1 atom stereocenters. The van der Waals surface area contributed by atoms with Crippen LogP contribution in [-0.4, -0.2) is 49.6 Å². The van der Waals surface area contributed by atoms with Crippen molar-refractivity contribution in [2.45, 2.75) is 35.0 Å². The van der Waals surface area contributed by atoms with Crippen molar-refractivity contribution in [3.05, 3.63) is 102 Å². The fraction of sp³-hybridized carbons (Fsp3) is 0.250. The van der Waals surface area contributed by atoms with Crippen LogP contribution in [0, 0.1) is 0 Å². The first kappa shape index (κ1) is 27.8. The van der Waals surface area contributed by atoms with Crippen molar-refractivity contribution in [2.75, 3.05) is 18.4 Å². The quantitative estimate of drug-likeness (QED) is 0.188. The maximum atomic E-state index is 12.8. The standard InChI is InChI=1S/C32H33AsN2O5/c1-33(26-16-18-35(19-17-26)22-23-4-6-25(7-5-23)32(37)38)21-31(36)34-27-10-14-29(15-11-27)40-28-12-8-24(9-13-28)30-3-2-20-39-30/h2-15,20,26H,16-19,21-22H2,1H3,(H,34,36)(H,37,38). The number of ether oxygens (including phenoxy) is 1. The monoisotopic (exact) mass is 600 g/mol. The molecule has 1 aromatic heterocycles. The number of likely N-dealkylation sites (tertiary alicyclic amines) is 1. The van der Waals surface area contributed by atoms with Crippen LogP contribution >= 0.6 is 0 Å². The third-order valence-corrected chi connectivity index (χ3v) is 12.6. The van der Waals surface area contributed by atoms with Crippen molar-refractivity contribution in [1.29, 1.82) is 0 Å². The molecule has 1 aliphatic rings. The van der Waals surface area contributed by atoms with E-state index in [0.717, 1.165) is 60.8 Å². The molecule has 5 rings (SSSR count). The van der Waals surface area contributed by atoms with Crippen LogP contribution in [0.2, 0.25) is 15.6 Å². The molecule has 1 fully saturated rings. The molecule has 40 heavy (non-hydrogen) atoms. The normalized spacial score (nSPS) is 14.9. The minimum atomic E-state index is -1.30. The van der Waals surface area contributed by atoms with Crippen LogP contribution in [0.4, 0.5) is 5.69 Å². The number of aromatic carboxylic acids is 1. The van der Waals surface area contributed by atoms with Crippen LogP contribution in [0.1, 0.15) is 28.8 Å². The van der Waals surface area contributed by atoms with Crippen molar-refractivity contribution in [3.63, 3.8) is 0 Å². The van der Waals surface area contributed by atoms with Gasteiger partial charge in [-0.05, 0) is 12.1 Å². The fourth-order valence-electron chi connectivity index (χ4n) is 4.96. The van der Waals surface area contributed by atoms with Gasteiger partial charge in [-0.25, -0.2) is 0 Å². The zero-order valence-electron chi connectivity index (χ0n) is 22.5. The van der Waals surface area contributed by atoms with Gasteiger partial charge in [0.1, 0.15) is 5.76 Å². The van der Waals surface area contributed by atoms with Crippen LogP contribution in [0.3, 0.4) is 0 Å². The topological polar surface area (TPSA) is 92.0 Å². The van der Waals surface area contributed by atoms with E-state index in [4.69, 9.17) is 14.3 Å². The van der Waals surface area contributed by atoms with E-state index in [1.165, 1.54) is 0 Å². The van der Waals surface area contributed by atoms with Gasteiger partial charge < -0.3 is 4.42 Å². The van der Waals surface area contributed by atoms with E-state index < -0.39 is 20.6 Å². The van der Waals surface area contributed by atoms with Gasteiger partial charge in [-0.2, -0.15) is 0 Å². The van der Waals surface area contributed by atoms with Crippen molar-refractivity contribution < 1.29 is 23.8 Å². The summed E-state index contributed by atoms with van der Waals surface area (Å²) in [5.74, 6) is 1.44. The molecule has 0 bridgehead atoms. The van der Waals surface area contributed by atoms with Gasteiger partial charge in [0.25, 0.3) is 0 Å². The number of piperidine rings is 1. The Labute approximate surface area is 239 Å².